The number of amides is 2. The number of nitrogens with zero attached hydrogens (tertiary/aromatic N) is 1. The van der Waals surface area contributed by atoms with Crippen LogP contribution in [0, 0.1) is 12.8 Å². The third-order valence-corrected chi connectivity index (χ3v) is 4.62. The van der Waals surface area contributed by atoms with Crippen LogP contribution in [0.4, 0.5) is 4.79 Å². The van der Waals surface area contributed by atoms with Gasteiger partial charge >= 0.3 is 6.03 Å². The van der Waals surface area contributed by atoms with Gasteiger partial charge in [0, 0.05) is 25.0 Å². The van der Waals surface area contributed by atoms with Gasteiger partial charge in [0.15, 0.2) is 0 Å². The minimum absolute atomic E-state index is 0.00196. The van der Waals surface area contributed by atoms with E-state index in [4.69, 9.17) is 0 Å². The number of aryl methyl sites for hydroxylation is 1. The van der Waals surface area contributed by atoms with Crippen molar-refractivity contribution in [1.29, 1.82) is 0 Å². The van der Waals surface area contributed by atoms with E-state index in [0.717, 1.165) is 25.8 Å². The Kier molecular flexibility index (Phi) is 5.83. The zero-order valence-electron chi connectivity index (χ0n) is 13.9. The number of hydrogen-bond donors (Lipinski definition) is 2. The van der Waals surface area contributed by atoms with Crippen LogP contribution in [0.25, 0.3) is 0 Å². The van der Waals surface area contributed by atoms with Gasteiger partial charge in [-0.05, 0) is 38.7 Å². The molecule has 1 aliphatic rings. The van der Waals surface area contributed by atoms with E-state index in [1.54, 1.807) is 6.92 Å². The summed E-state index contributed by atoms with van der Waals surface area (Å²) in [7, 11) is 0. The topological polar surface area (TPSA) is 52.6 Å². The number of urea groups is 1. The summed E-state index contributed by atoms with van der Waals surface area (Å²) in [6.07, 6.45) is 2.32. The van der Waals surface area contributed by atoms with Gasteiger partial charge in [0.1, 0.15) is 0 Å². The molecule has 1 fully saturated rings. The van der Waals surface area contributed by atoms with Gasteiger partial charge in [0.25, 0.3) is 0 Å². The highest BCUT2D eigenvalue weighted by Crippen LogP contribution is 2.19. The molecule has 0 aromatic heterocycles. The van der Waals surface area contributed by atoms with Gasteiger partial charge in [-0.1, -0.05) is 36.8 Å². The summed E-state index contributed by atoms with van der Waals surface area (Å²) >= 11 is 0. The first-order chi connectivity index (χ1) is 10.5. The average molecular weight is 304 g/mol. The maximum Gasteiger partial charge on any atom is 0.317 e. The van der Waals surface area contributed by atoms with Crippen LogP contribution in [-0.2, 0) is 6.42 Å². The number of benzene rings is 1. The summed E-state index contributed by atoms with van der Waals surface area (Å²) in [6.45, 7) is 7.38. The highest BCUT2D eigenvalue weighted by Gasteiger charge is 2.29. The normalized spacial score (nSPS) is 20.7. The van der Waals surface area contributed by atoms with Crippen LogP contribution in [0.1, 0.15) is 37.8 Å². The molecule has 2 N–H and O–H groups in total. The number of hydrogen-bond acceptors (Lipinski definition) is 2. The quantitative estimate of drug-likeness (QED) is 0.879. The third kappa shape index (κ3) is 4.47. The smallest absolute Gasteiger partial charge is 0.317 e. The molecule has 0 saturated carbocycles. The summed E-state index contributed by atoms with van der Waals surface area (Å²) in [5.74, 6) is 0.211. The summed E-state index contributed by atoms with van der Waals surface area (Å²) in [6, 6.07) is 8.63. The fourth-order valence-corrected chi connectivity index (χ4v) is 2.94. The van der Waals surface area contributed by atoms with E-state index >= 15 is 0 Å². The predicted molar refractivity (Wildman–Crippen MR) is 88.9 cm³/mol. The van der Waals surface area contributed by atoms with Gasteiger partial charge in [-0.3, -0.25) is 0 Å². The van der Waals surface area contributed by atoms with Gasteiger partial charge in [-0.15, -0.1) is 0 Å². The van der Waals surface area contributed by atoms with Crippen molar-refractivity contribution in [2.24, 2.45) is 5.92 Å². The van der Waals surface area contributed by atoms with Crippen LogP contribution in [-0.4, -0.2) is 41.3 Å². The molecule has 3 atom stereocenters. The molecule has 0 radical (unpaired) electrons. The number of carbonyl (C=O) groups is 1. The van der Waals surface area contributed by atoms with Crippen LogP contribution >= 0.6 is 0 Å². The van der Waals surface area contributed by atoms with Gasteiger partial charge in [0.05, 0.1) is 6.10 Å². The average Bonchev–Trinajstić information content (AvgIpc) is 2.99. The Morgan fingerprint density at radius 2 is 2.09 bits per heavy atom. The highest BCUT2D eigenvalue weighted by atomic mass is 16.3. The Bertz CT molecular complexity index is 484. The van der Waals surface area contributed by atoms with Crippen molar-refractivity contribution in [1.82, 2.24) is 10.2 Å². The molecule has 0 aliphatic carbocycles. The molecule has 0 unspecified atom stereocenters. The van der Waals surface area contributed by atoms with E-state index in [1.807, 2.05) is 4.90 Å². The molecule has 1 aromatic rings. The molecule has 4 heteroatoms. The fourth-order valence-electron chi connectivity index (χ4n) is 2.94. The second-order valence-electron chi connectivity index (χ2n) is 6.48. The Morgan fingerprint density at radius 1 is 1.41 bits per heavy atom. The highest BCUT2D eigenvalue weighted by molar-refractivity contribution is 5.74. The first kappa shape index (κ1) is 16.8. The molecule has 1 heterocycles. The van der Waals surface area contributed by atoms with Gasteiger partial charge in [0.2, 0.25) is 0 Å². The fraction of sp³-hybridized carbons (Fsp3) is 0.611. The minimum atomic E-state index is -0.340. The van der Waals surface area contributed by atoms with E-state index < -0.39 is 0 Å². The first-order valence-electron chi connectivity index (χ1n) is 8.28. The minimum Gasteiger partial charge on any atom is -0.393 e. The molecule has 0 bridgehead atoms. The second kappa shape index (κ2) is 7.63. The van der Waals surface area contributed by atoms with Crippen molar-refractivity contribution in [2.45, 2.75) is 52.2 Å². The van der Waals surface area contributed by atoms with Gasteiger partial charge in [-0.25, -0.2) is 4.79 Å². The number of rotatable bonds is 5. The zero-order valence-corrected chi connectivity index (χ0v) is 13.9. The number of nitrogens with one attached hydrogen (secondary N) is 1. The number of carbonyl (C=O) groups excluding carboxylic acids is 1. The first-order valence-corrected chi connectivity index (χ1v) is 8.28. The van der Waals surface area contributed by atoms with E-state index in [1.165, 1.54) is 11.1 Å². The molecule has 1 aromatic carbocycles. The number of likely N-dealkylation sites (tertiary alicyclic amines) is 1. The van der Waals surface area contributed by atoms with E-state index in [9.17, 15) is 9.90 Å². The lowest BCUT2D eigenvalue weighted by Crippen LogP contribution is -2.44. The Morgan fingerprint density at radius 3 is 2.64 bits per heavy atom. The largest absolute Gasteiger partial charge is 0.393 e. The lowest BCUT2D eigenvalue weighted by molar-refractivity contribution is 0.129. The van der Waals surface area contributed by atoms with Crippen LogP contribution in [0.2, 0.25) is 0 Å². The van der Waals surface area contributed by atoms with Crippen LogP contribution in [0.5, 0.6) is 0 Å². The molecule has 1 saturated heterocycles. The van der Waals surface area contributed by atoms with E-state index in [0.29, 0.717) is 6.54 Å². The molecule has 122 valence electrons. The maximum absolute atomic E-state index is 12.4. The van der Waals surface area contributed by atoms with Crippen molar-refractivity contribution in [3.63, 3.8) is 0 Å². The van der Waals surface area contributed by atoms with Crippen LogP contribution < -0.4 is 5.32 Å². The molecule has 22 heavy (non-hydrogen) atoms. The standard InChI is InChI=1S/C18H28N2O2/c1-4-17(11-15-7-5-13(2)6-8-15)19-18(22)20-10-9-16(12-20)14(3)21/h5-8,14,16-17,21H,4,9-12H2,1-3H3,(H,19,22)/t14-,16-,17-/m1/s1. The molecule has 4 nitrogen and oxygen atoms in total. The Labute approximate surface area is 133 Å². The van der Waals surface area contributed by atoms with Crippen molar-refractivity contribution >= 4 is 6.03 Å². The monoisotopic (exact) mass is 304 g/mol. The van der Waals surface area contributed by atoms with E-state index in [2.05, 4.69) is 43.4 Å². The van der Waals surface area contributed by atoms with Crippen molar-refractivity contribution in [2.75, 3.05) is 13.1 Å². The maximum atomic E-state index is 12.4. The number of aliphatic hydroxyl groups is 1. The van der Waals surface area contributed by atoms with Gasteiger partial charge in [-0.2, -0.15) is 0 Å². The summed E-state index contributed by atoms with van der Waals surface area (Å²) in [5.41, 5.74) is 2.50. The molecule has 2 amide bonds. The SMILES string of the molecule is CC[C@H](Cc1ccc(C)cc1)NC(=O)N1CC[C@@H]([C@@H](C)O)C1. The Hall–Kier alpha value is -1.55. The Balaban J connectivity index is 1.87. The van der Waals surface area contributed by atoms with Crippen molar-refractivity contribution in [3.05, 3.63) is 35.4 Å². The predicted octanol–water partition coefficient (Wildman–Crippen LogP) is 2.73. The van der Waals surface area contributed by atoms with Crippen LogP contribution in [0.3, 0.4) is 0 Å². The summed E-state index contributed by atoms with van der Waals surface area (Å²) in [4.78, 5) is 14.2. The van der Waals surface area contributed by atoms with E-state index in [-0.39, 0.29) is 24.1 Å². The second-order valence-corrected chi connectivity index (χ2v) is 6.48. The van der Waals surface area contributed by atoms with Gasteiger partial charge < -0.3 is 15.3 Å². The summed E-state index contributed by atoms with van der Waals surface area (Å²) < 4.78 is 0. The third-order valence-electron chi connectivity index (χ3n) is 4.62. The molecule has 0 spiro atoms. The number of aliphatic hydroxyl groups excluding tert-OH is 1. The molecule has 2 rings (SSSR count). The molecular formula is C18H28N2O2. The van der Waals surface area contributed by atoms with Crippen molar-refractivity contribution < 1.29 is 9.90 Å². The molecular weight excluding hydrogens is 276 g/mol. The molecule has 1 aliphatic heterocycles. The van der Waals surface area contributed by atoms with Crippen LogP contribution in [0.15, 0.2) is 24.3 Å². The zero-order chi connectivity index (χ0) is 16.1. The summed E-state index contributed by atoms with van der Waals surface area (Å²) in [5, 5.41) is 12.8. The lowest BCUT2D eigenvalue weighted by atomic mass is 10.0. The lowest BCUT2D eigenvalue weighted by Gasteiger charge is -2.23. The van der Waals surface area contributed by atoms with Crippen molar-refractivity contribution in [3.8, 4) is 0 Å².